The Labute approximate surface area is 167 Å². The van der Waals surface area contributed by atoms with Gasteiger partial charge in [-0.05, 0) is 50.1 Å². The van der Waals surface area contributed by atoms with Crippen molar-refractivity contribution in [1.29, 1.82) is 5.26 Å². The molecule has 1 aliphatic heterocycles. The third kappa shape index (κ3) is 3.45. The highest BCUT2D eigenvalue weighted by Gasteiger charge is 2.16. The summed E-state index contributed by atoms with van der Waals surface area (Å²) in [6.07, 6.45) is 1.73. The first kappa shape index (κ1) is 18.1. The van der Waals surface area contributed by atoms with Gasteiger partial charge in [-0.1, -0.05) is 17.7 Å². The Morgan fingerprint density at radius 3 is 2.64 bits per heavy atom. The minimum Gasteiger partial charge on any atom is -0.454 e. The van der Waals surface area contributed by atoms with Crippen molar-refractivity contribution < 1.29 is 9.47 Å². The summed E-state index contributed by atoms with van der Waals surface area (Å²) in [5, 5.41) is 15.5. The smallest absolute Gasteiger partial charge is 0.231 e. The number of fused-ring (bicyclic) bond motifs is 1. The zero-order valence-corrected chi connectivity index (χ0v) is 16.7. The number of ether oxygens (including phenoxy) is 2. The maximum atomic E-state index is 9.62. The van der Waals surface area contributed by atoms with Crippen LogP contribution in [0.25, 0.3) is 16.8 Å². The van der Waals surface area contributed by atoms with Crippen molar-refractivity contribution in [1.82, 2.24) is 4.98 Å². The van der Waals surface area contributed by atoms with Gasteiger partial charge >= 0.3 is 0 Å². The lowest BCUT2D eigenvalue weighted by molar-refractivity contribution is 0.174. The lowest BCUT2D eigenvalue weighted by atomic mass is 10.1. The third-order valence-electron chi connectivity index (χ3n) is 4.56. The van der Waals surface area contributed by atoms with Crippen LogP contribution in [0.5, 0.6) is 11.5 Å². The summed E-state index contributed by atoms with van der Waals surface area (Å²) in [6, 6.07) is 12.2. The number of nitriles is 1. The molecule has 0 aliphatic carbocycles. The monoisotopic (exact) mass is 389 g/mol. The van der Waals surface area contributed by atoms with E-state index < -0.39 is 0 Å². The Hall–Kier alpha value is -3.30. The molecule has 0 unspecified atom stereocenters. The number of nitrogens with zero attached hydrogens (tertiary/aromatic N) is 2. The molecular formula is C22H19N3O2S. The van der Waals surface area contributed by atoms with Crippen LogP contribution in [0.4, 0.5) is 5.69 Å². The van der Waals surface area contributed by atoms with Gasteiger partial charge in [-0.15, -0.1) is 11.3 Å². The van der Waals surface area contributed by atoms with Crippen molar-refractivity contribution in [2.24, 2.45) is 0 Å². The zero-order chi connectivity index (χ0) is 19.7. The molecule has 0 saturated carbocycles. The van der Waals surface area contributed by atoms with Crippen LogP contribution in [-0.2, 0) is 0 Å². The molecule has 3 aromatic rings. The Morgan fingerprint density at radius 2 is 1.89 bits per heavy atom. The summed E-state index contributed by atoms with van der Waals surface area (Å²) >= 11 is 1.44. The molecule has 140 valence electrons. The first-order chi connectivity index (χ1) is 13.5. The highest BCUT2D eigenvalue weighted by atomic mass is 32.1. The molecule has 1 N–H and O–H groups in total. The van der Waals surface area contributed by atoms with Gasteiger partial charge in [0.1, 0.15) is 16.6 Å². The number of benzene rings is 2. The largest absolute Gasteiger partial charge is 0.454 e. The molecular weight excluding hydrogens is 370 g/mol. The predicted molar refractivity (Wildman–Crippen MR) is 112 cm³/mol. The molecule has 0 spiro atoms. The Kier molecular flexibility index (Phi) is 4.76. The first-order valence-electron chi connectivity index (χ1n) is 8.86. The van der Waals surface area contributed by atoms with E-state index in [4.69, 9.17) is 9.47 Å². The van der Waals surface area contributed by atoms with Crippen molar-refractivity contribution in [2.45, 2.75) is 20.8 Å². The number of hydrogen-bond acceptors (Lipinski definition) is 6. The van der Waals surface area contributed by atoms with Gasteiger partial charge in [0.25, 0.3) is 0 Å². The number of hydrogen-bond donors (Lipinski definition) is 1. The summed E-state index contributed by atoms with van der Waals surface area (Å²) in [7, 11) is 0. The summed E-state index contributed by atoms with van der Waals surface area (Å²) in [4.78, 5) is 4.64. The normalized spacial score (nSPS) is 12.7. The average Bonchev–Trinajstić information content (AvgIpc) is 3.32. The second-order valence-electron chi connectivity index (χ2n) is 6.69. The van der Waals surface area contributed by atoms with Crippen LogP contribution in [0.15, 0.2) is 41.9 Å². The van der Waals surface area contributed by atoms with Crippen LogP contribution in [0, 0.1) is 32.1 Å². The van der Waals surface area contributed by atoms with Crippen molar-refractivity contribution in [2.75, 3.05) is 12.1 Å². The summed E-state index contributed by atoms with van der Waals surface area (Å²) in [6.45, 7) is 6.44. The number of anilines is 1. The molecule has 0 saturated heterocycles. The van der Waals surface area contributed by atoms with Gasteiger partial charge in [-0.2, -0.15) is 5.26 Å². The Bertz CT molecular complexity index is 1100. The molecule has 0 radical (unpaired) electrons. The first-order valence-corrected chi connectivity index (χ1v) is 9.73. The second-order valence-corrected chi connectivity index (χ2v) is 7.55. The third-order valence-corrected chi connectivity index (χ3v) is 5.44. The summed E-state index contributed by atoms with van der Waals surface area (Å²) in [5.41, 5.74) is 6.77. The SMILES string of the molecule is Cc1cc(C)c(N/C=C(\C#N)c2nc(-c3ccc4c(c3)OCO4)cs2)c(C)c1. The van der Waals surface area contributed by atoms with E-state index in [1.165, 1.54) is 16.9 Å². The van der Waals surface area contributed by atoms with E-state index >= 15 is 0 Å². The van der Waals surface area contributed by atoms with E-state index in [1.54, 1.807) is 6.20 Å². The van der Waals surface area contributed by atoms with E-state index in [0.717, 1.165) is 39.6 Å². The van der Waals surface area contributed by atoms with Crippen LogP contribution in [0.3, 0.4) is 0 Å². The Morgan fingerprint density at radius 1 is 1.14 bits per heavy atom. The number of nitrogens with one attached hydrogen (secondary N) is 1. The molecule has 1 aliphatic rings. The van der Waals surface area contributed by atoms with E-state index in [9.17, 15) is 5.26 Å². The van der Waals surface area contributed by atoms with Gasteiger partial charge in [-0.25, -0.2) is 4.98 Å². The molecule has 28 heavy (non-hydrogen) atoms. The molecule has 0 amide bonds. The number of thiazole rings is 1. The van der Waals surface area contributed by atoms with E-state index in [0.29, 0.717) is 10.6 Å². The van der Waals surface area contributed by atoms with Crippen LogP contribution in [0.1, 0.15) is 21.7 Å². The number of allylic oxidation sites excluding steroid dienone is 1. The predicted octanol–water partition coefficient (Wildman–Crippen LogP) is 5.44. The molecule has 6 heteroatoms. The quantitative estimate of drug-likeness (QED) is 0.602. The molecule has 0 bridgehead atoms. The molecule has 5 nitrogen and oxygen atoms in total. The number of aryl methyl sites for hydroxylation is 3. The number of aromatic nitrogens is 1. The van der Waals surface area contributed by atoms with Crippen LogP contribution < -0.4 is 14.8 Å². The average molecular weight is 389 g/mol. The van der Waals surface area contributed by atoms with Crippen molar-refractivity contribution >= 4 is 22.6 Å². The molecule has 0 fully saturated rings. The van der Waals surface area contributed by atoms with Crippen molar-refractivity contribution in [3.05, 3.63) is 63.6 Å². The van der Waals surface area contributed by atoms with E-state index in [1.807, 2.05) is 23.6 Å². The maximum absolute atomic E-state index is 9.62. The second kappa shape index (κ2) is 7.37. The fourth-order valence-electron chi connectivity index (χ4n) is 3.28. The molecule has 0 atom stereocenters. The van der Waals surface area contributed by atoms with Gasteiger partial charge in [-0.3, -0.25) is 0 Å². The van der Waals surface area contributed by atoms with E-state index in [-0.39, 0.29) is 6.79 Å². The van der Waals surface area contributed by atoms with E-state index in [2.05, 4.69) is 49.3 Å². The van der Waals surface area contributed by atoms with Crippen LogP contribution in [0.2, 0.25) is 0 Å². The zero-order valence-electron chi connectivity index (χ0n) is 15.9. The van der Waals surface area contributed by atoms with Gasteiger partial charge in [0, 0.05) is 22.8 Å². The van der Waals surface area contributed by atoms with Gasteiger partial charge in [0.15, 0.2) is 11.5 Å². The topological polar surface area (TPSA) is 67.2 Å². The molecule has 4 rings (SSSR count). The summed E-state index contributed by atoms with van der Waals surface area (Å²) in [5.74, 6) is 1.46. The molecule has 2 heterocycles. The van der Waals surface area contributed by atoms with Gasteiger partial charge in [0.05, 0.1) is 5.69 Å². The van der Waals surface area contributed by atoms with Crippen molar-refractivity contribution in [3.63, 3.8) is 0 Å². The Balaban J connectivity index is 1.60. The van der Waals surface area contributed by atoms with Gasteiger partial charge < -0.3 is 14.8 Å². The summed E-state index contributed by atoms with van der Waals surface area (Å²) < 4.78 is 10.8. The highest BCUT2D eigenvalue weighted by Crippen LogP contribution is 2.36. The molecule has 2 aromatic carbocycles. The van der Waals surface area contributed by atoms with Crippen LogP contribution in [-0.4, -0.2) is 11.8 Å². The standard InChI is InChI=1S/C22H19N3O2S/c1-13-6-14(2)21(15(3)7-13)24-10-17(9-23)22-25-18(11-28-22)16-4-5-19-20(8-16)27-12-26-19/h4-8,10-11,24H,12H2,1-3H3/b17-10+. The minimum atomic E-state index is 0.242. The fraction of sp³-hybridized carbons (Fsp3) is 0.182. The number of rotatable bonds is 4. The van der Waals surface area contributed by atoms with Gasteiger partial charge in [0.2, 0.25) is 6.79 Å². The minimum absolute atomic E-state index is 0.242. The maximum Gasteiger partial charge on any atom is 0.231 e. The lowest BCUT2D eigenvalue weighted by Gasteiger charge is -2.11. The molecule has 1 aromatic heterocycles. The lowest BCUT2D eigenvalue weighted by Crippen LogP contribution is -1.97. The fourth-order valence-corrected chi connectivity index (χ4v) is 4.07. The van der Waals surface area contributed by atoms with Crippen molar-refractivity contribution in [3.8, 4) is 28.8 Å². The van der Waals surface area contributed by atoms with Crippen LogP contribution >= 0.6 is 11.3 Å². The highest BCUT2D eigenvalue weighted by molar-refractivity contribution is 7.11.